The van der Waals surface area contributed by atoms with E-state index in [0.29, 0.717) is 19.3 Å². The predicted molar refractivity (Wildman–Crippen MR) is 83.4 cm³/mol. The molecule has 0 bridgehead atoms. The predicted octanol–water partition coefficient (Wildman–Crippen LogP) is -0.561. The highest BCUT2D eigenvalue weighted by atomic mass is 16.4. The summed E-state index contributed by atoms with van der Waals surface area (Å²) in [4.78, 5) is 22.9. The smallest absolute Gasteiger partial charge is 0.451 e. The molecule has 2 heterocycles. The van der Waals surface area contributed by atoms with Crippen molar-refractivity contribution in [3.8, 4) is 0 Å². The summed E-state index contributed by atoms with van der Waals surface area (Å²) in [6.07, 6.45) is 4.91. The molecule has 3 atom stereocenters. The van der Waals surface area contributed by atoms with Gasteiger partial charge in [-0.3, -0.25) is 4.79 Å². The van der Waals surface area contributed by atoms with Crippen LogP contribution in [0.15, 0.2) is 0 Å². The van der Waals surface area contributed by atoms with Crippen LogP contribution in [0.5, 0.6) is 0 Å². The van der Waals surface area contributed by atoms with E-state index < -0.39 is 13.1 Å². The Balaban J connectivity index is 0.000000287. The first-order valence-corrected chi connectivity index (χ1v) is 7.90. The zero-order valence-corrected chi connectivity index (χ0v) is 13.1. The van der Waals surface area contributed by atoms with Crippen molar-refractivity contribution < 1.29 is 24.7 Å². The largest absolute Gasteiger partial charge is 0.481 e. The highest BCUT2D eigenvalue weighted by Gasteiger charge is 2.35. The van der Waals surface area contributed by atoms with Crippen LogP contribution in [0.1, 0.15) is 25.7 Å². The maximum atomic E-state index is 10.9. The van der Waals surface area contributed by atoms with Crippen LogP contribution in [0.2, 0.25) is 6.32 Å². The number of carboxylic acid groups (broad SMARTS) is 1. The molecule has 8 heteroatoms. The summed E-state index contributed by atoms with van der Waals surface area (Å²) in [5.74, 6) is -0.897. The van der Waals surface area contributed by atoms with Gasteiger partial charge in [0, 0.05) is 13.1 Å². The molecule has 0 spiro atoms. The van der Waals surface area contributed by atoms with Gasteiger partial charge >= 0.3 is 13.1 Å². The number of hydrogen-bond donors (Lipinski definition) is 4. The van der Waals surface area contributed by atoms with E-state index in [-0.39, 0.29) is 17.9 Å². The second-order valence-corrected chi connectivity index (χ2v) is 6.18. The first-order chi connectivity index (χ1) is 10.4. The Labute approximate surface area is 131 Å². The molecule has 0 aromatic rings. The molecule has 0 radical (unpaired) electrons. The quantitative estimate of drug-likeness (QED) is 0.384. The maximum Gasteiger partial charge on any atom is 0.451 e. The minimum atomic E-state index is -1.27. The van der Waals surface area contributed by atoms with Gasteiger partial charge in [0.25, 0.3) is 0 Å². The van der Waals surface area contributed by atoms with Gasteiger partial charge in [-0.15, -0.1) is 0 Å². The van der Waals surface area contributed by atoms with E-state index in [0.717, 1.165) is 38.6 Å². The zero-order valence-electron chi connectivity index (χ0n) is 13.1. The second kappa shape index (κ2) is 9.94. The minimum absolute atomic E-state index is 0.145. The minimum Gasteiger partial charge on any atom is -0.481 e. The molecule has 2 aliphatic heterocycles. The summed E-state index contributed by atoms with van der Waals surface area (Å²) in [5.41, 5.74) is 0. The van der Waals surface area contributed by atoms with Crippen LogP contribution in [0, 0.1) is 11.8 Å². The summed E-state index contributed by atoms with van der Waals surface area (Å²) >= 11 is 0. The molecule has 0 aromatic carbocycles. The molecular formula is C14H27BN2O5. The monoisotopic (exact) mass is 314 g/mol. The van der Waals surface area contributed by atoms with Crippen LogP contribution >= 0.6 is 0 Å². The van der Waals surface area contributed by atoms with Crippen LogP contribution in [0.25, 0.3) is 0 Å². The lowest BCUT2D eigenvalue weighted by atomic mass is 9.80. The fourth-order valence-corrected chi connectivity index (χ4v) is 3.05. The summed E-state index contributed by atoms with van der Waals surface area (Å²) in [6, 6.07) is 0.167. The molecule has 3 unspecified atom stereocenters. The van der Waals surface area contributed by atoms with Crippen molar-refractivity contribution >= 4 is 19.4 Å². The van der Waals surface area contributed by atoms with Gasteiger partial charge in [-0.05, 0) is 45.1 Å². The second-order valence-electron chi connectivity index (χ2n) is 6.18. The molecule has 0 aliphatic carbocycles. The highest BCUT2D eigenvalue weighted by molar-refractivity contribution is 6.40. The van der Waals surface area contributed by atoms with Crippen molar-refractivity contribution in [2.45, 2.75) is 38.0 Å². The Hall–Kier alpha value is -0.955. The van der Waals surface area contributed by atoms with Gasteiger partial charge in [-0.2, -0.15) is 0 Å². The van der Waals surface area contributed by atoms with E-state index in [2.05, 4.69) is 5.32 Å². The fourth-order valence-electron chi connectivity index (χ4n) is 3.05. The first kappa shape index (κ1) is 19.1. The van der Waals surface area contributed by atoms with Crippen molar-refractivity contribution in [3.63, 3.8) is 0 Å². The van der Waals surface area contributed by atoms with E-state index >= 15 is 0 Å². The van der Waals surface area contributed by atoms with Gasteiger partial charge in [0.2, 0.25) is 0 Å². The van der Waals surface area contributed by atoms with Gasteiger partial charge in [-0.25, -0.2) is 0 Å². The molecule has 7 nitrogen and oxygen atoms in total. The zero-order chi connectivity index (χ0) is 16.5. The molecule has 2 saturated heterocycles. The van der Waals surface area contributed by atoms with Crippen molar-refractivity contribution in [1.29, 1.82) is 0 Å². The number of aliphatic carboxylic acids is 1. The van der Waals surface area contributed by atoms with E-state index in [1.165, 1.54) is 0 Å². The van der Waals surface area contributed by atoms with Crippen molar-refractivity contribution in [2.75, 3.05) is 26.7 Å². The summed E-state index contributed by atoms with van der Waals surface area (Å²) in [7, 11) is 0.643. The Kier molecular flexibility index (Phi) is 8.63. The summed E-state index contributed by atoms with van der Waals surface area (Å²) in [6.45, 7) is 2.41. The van der Waals surface area contributed by atoms with E-state index in [1.54, 1.807) is 0 Å². The number of rotatable bonds is 6. The Bertz CT molecular complexity index is 350. The van der Waals surface area contributed by atoms with Crippen LogP contribution in [-0.4, -0.2) is 72.2 Å². The normalized spacial score (nSPS) is 28.0. The fraction of sp³-hybridized carbons (Fsp3) is 0.857. The highest BCUT2D eigenvalue weighted by Crippen LogP contribution is 2.27. The maximum absolute atomic E-state index is 10.9. The SMILES string of the molecule is CN1CC(CCCB(O)O)C(C(=O)O)C1.O=CC1CCCN1. The average Bonchev–Trinajstić information content (AvgIpc) is 3.08. The Morgan fingerprint density at radius 3 is 2.59 bits per heavy atom. The van der Waals surface area contributed by atoms with Gasteiger partial charge in [-0.1, -0.05) is 6.42 Å². The van der Waals surface area contributed by atoms with Crippen LogP contribution in [0.4, 0.5) is 0 Å². The number of aldehydes is 1. The van der Waals surface area contributed by atoms with Gasteiger partial charge in [0.05, 0.1) is 12.0 Å². The lowest BCUT2D eigenvalue weighted by Crippen LogP contribution is -2.22. The van der Waals surface area contributed by atoms with Gasteiger partial charge < -0.3 is 30.2 Å². The lowest BCUT2D eigenvalue weighted by Gasteiger charge is -2.13. The van der Waals surface area contributed by atoms with Gasteiger partial charge in [0.15, 0.2) is 0 Å². The number of carbonyl (C=O) groups is 2. The molecular weight excluding hydrogens is 287 g/mol. The molecule has 0 saturated carbocycles. The van der Waals surface area contributed by atoms with Crippen LogP contribution in [-0.2, 0) is 9.59 Å². The van der Waals surface area contributed by atoms with E-state index in [9.17, 15) is 9.59 Å². The number of carbonyl (C=O) groups excluding carboxylic acids is 1. The van der Waals surface area contributed by atoms with E-state index in [1.807, 2.05) is 11.9 Å². The van der Waals surface area contributed by atoms with Crippen molar-refractivity contribution in [2.24, 2.45) is 11.8 Å². The number of hydrogen-bond acceptors (Lipinski definition) is 6. The van der Waals surface area contributed by atoms with E-state index in [4.69, 9.17) is 15.2 Å². The van der Waals surface area contributed by atoms with Crippen LogP contribution < -0.4 is 5.32 Å². The third-order valence-corrected chi connectivity index (χ3v) is 4.24. The molecule has 126 valence electrons. The molecule has 0 amide bonds. The number of nitrogens with zero attached hydrogens (tertiary/aromatic N) is 1. The molecule has 2 fully saturated rings. The van der Waals surface area contributed by atoms with Crippen molar-refractivity contribution in [1.82, 2.24) is 10.2 Å². The van der Waals surface area contributed by atoms with Crippen molar-refractivity contribution in [3.05, 3.63) is 0 Å². The lowest BCUT2D eigenvalue weighted by molar-refractivity contribution is -0.142. The number of likely N-dealkylation sites (tertiary alicyclic amines) is 1. The molecule has 22 heavy (non-hydrogen) atoms. The standard InChI is InChI=1S/C9H18BNO4.C5H9NO/c1-11-5-7(3-2-4-10(14)15)8(6-11)9(12)13;7-4-5-2-1-3-6-5/h7-8,14-15H,2-6H2,1H3,(H,12,13);4-6H,1-3H2. The number of carboxylic acids is 1. The molecule has 0 aromatic heterocycles. The molecule has 4 N–H and O–H groups in total. The topological polar surface area (TPSA) is 110 Å². The third-order valence-electron chi connectivity index (χ3n) is 4.24. The third kappa shape index (κ3) is 6.87. The molecule has 2 aliphatic rings. The first-order valence-electron chi connectivity index (χ1n) is 7.90. The number of nitrogens with one attached hydrogen (secondary N) is 1. The summed E-state index contributed by atoms with van der Waals surface area (Å²) in [5, 5.41) is 29.4. The summed E-state index contributed by atoms with van der Waals surface area (Å²) < 4.78 is 0. The van der Waals surface area contributed by atoms with Gasteiger partial charge in [0.1, 0.15) is 6.29 Å². The molecule has 2 rings (SSSR count). The van der Waals surface area contributed by atoms with Crippen LogP contribution in [0.3, 0.4) is 0 Å². The Morgan fingerprint density at radius 1 is 1.41 bits per heavy atom. The average molecular weight is 314 g/mol. The Morgan fingerprint density at radius 2 is 2.14 bits per heavy atom.